The molecule has 0 spiro atoms. The van der Waals surface area contributed by atoms with E-state index >= 15 is 0 Å². The van der Waals surface area contributed by atoms with Gasteiger partial charge in [-0.1, -0.05) is 18.2 Å². The van der Waals surface area contributed by atoms with E-state index in [1.165, 1.54) is 0 Å². The molecule has 1 N–H and O–H groups in total. The fourth-order valence-electron chi connectivity index (χ4n) is 3.00. The highest BCUT2D eigenvalue weighted by atomic mass is 32.1. The topological polar surface area (TPSA) is 54.9 Å². The largest absolute Gasteiger partial charge is 0.344 e. The first-order chi connectivity index (χ1) is 11.4. The van der Waals surface area contributed by atoms with E-state index < -0.39 is 0 Å². The average molecular weight is 339 g/mol. The van der Waals surface area contributed by atoms with Gasteiger partial charge >= 0.3 is 0 Å². The van der Waals surface area contributed by atoms with Gasteiger partial charge in [-0.05, 0) is 46.2 Å². The van der Waals surface area contributed by atoms with Crippen molar-refractivity contribution < 1.29 is 4.79 Å². The lowest BCUT2D eigenvalue weighted by Gasteiger charge is -2.15. The van der Waals surface area contributed by atoms with Gasteiger partial charge in [0.1, 0.15) is 0 Å². The number of thiazole rings is 1. The number of amides is 1. The van der Waals surface area contributed by atoms with Crippen LogP contribution in [0.25, 0.3) is 10.9 Å². The first-order valence-electron chi connectivity index (χ1n) is 7.98. The first kappa shape index (κ1) is 16.6. The summed E-state index contributed by atoms with van der Waals surface area (Å²) in [6.45, 7) is 9.93. The zero-order chi connectivity index (χ0) is 17.4. The predicted octanol–water partition coefficient (Wildman–Crippen LogP) is 4.42. The lowest BCUT2D eigenvalue weighted by atomic mass is 10.0. The Morgan fingerprint density at radius 3 is 2.58 bits per heavy atom. The second-order valence-corrected chi connectivity index (χ2v) is 7.56. The molecule has 3 aromatic rings. The quantitative estimate of drug-likeness (QED) is 0.769. The number of nitrogens with zero attached hydrogens (tertiary/aromatic N) is 2. The van der Waals surface area contributed by atoms with Crippen molar-refractivity contribution in [3.63, 3.8) is 0 Å². The summed E-state index contributed by atoms with van der Waals surface area (Å²) in [5.41, 5.74) is 4.41. The summed E-state index contributed by atoms with van der Waals surface area (Å²) in [5.74, 6) is -0.0892. The van der Waals surface area contributed by atoms with Gasteiger partial charge in [-0.2, -0.15) is 0 Å². The SMILES string of the molecule is Cc1cc(C(=O)N[C@@H](C)c2nc(C)sc2C)c2cccc(C)c2n1. The Bertz CT molecular complexity index is 930. The molecule has 0 fully saturated rings. The van der Waals surface area contributed by atoms with Crippen LogP contribution >= 0.6 is 11.3 Å². The molecule has 2 aromatic heterocycles. The Hall–Kier alpha value is -2.27. The van der Waals surface area contributed by atoms with Crippen LogP contribution in [0, 0.1) is 27.7 Å². The fraction of sp³-hybridized carbons (Fsp3) is 0.316. The number of fused-ring (bicyclic) bond motifs is 1. The van der Waals surface area contributed by atoms with E-state index in [0.29, 0.717) is 5.56 Å². The van der Waals surface area contributed by atoms with Gasteiger partial charge in [0.15, 0.2) is 0 Å². The van der Waals surface area contributed by atoms with E-state index in [1.54, 1.807) is 11.3 Å². The third-order valence-electron chi connectivity index (χ3n) is 4.11. The van der Waals surface area contributed by atoms with Gasteiger partial charge in [-0.3, -0.25) is 9.78 Å². The summed E-state index contributed by atoms with van der Waals surface area (Å²) >= 11 is 1.65. The van der Waals surface area contributed by atoms with Crippen LogP contribution in [0.1, 0.15) is 50.2 Å². The van der Waals surface area contributed by atoms with Gasteiger partial charge in [-0.15, -0.1) is 11.3 Å². The number of carbonyl (C=O) groups is 1. The molecule has 1 atom stereocenters. The van der Waals surface area contributed by atoms with E-state index in [2.05, 4.69) is 15.3 Å². The molecule has 1 aromatic carbocycles. The molecule has 0 aliphatic carbocycles. The molecule has 4 nitrogen and oxygen atoms in total. The maximum absolute atomic E-state index is 12.9. The van der Waals surface area contributed by atoms with E-state index in [0.717, 1.165) is 37.7 Å². The van der Waals surface area contributed by atoms with Crippen molar-refractivity contribution in [1.29, 1.82) is 0 Å². The van der Waals surface area contributed by atoms with Crippen molar-refractivity contribution in [2.45, 2.75) is 40.7 Å². The van der Waals surface area contributed by atoms with Crippen molar-refractivity contribution in [1.82, 2.24) is 15.3 Å². The summed E-state index contributed by atoms with van der Waals surface area (Å²) < 4.78 is 0. The molecule has 0 unspecified atom stereocenters. The number of benzene rings is 1. The summed E-state index contributed by atoms with van der Waals surface area (Å²) in [6, 6.07) is 7.65. The van der Waals surface area contributed by atoms with Crippen molar-refractivity contribution >= 4 is 28.1 Å². The van der Waals surface area contributed by atoms with Crippen LogP contribution in [0.5, 0.6) is 0 Å². The number of rotatable bonds is 3. The van der Waals surface area contributed by atoms with E-state index in [9.17, 15) is 4.79 Å². The number of hydrogen-bond acceptors (Lipinski definition) is 4. The van der Waals surface area contributed by atoms with E-state index in [-0.39, 0.29) is 11.9 Å². The number of carbonyl (C=O) groups excluding carboxylic acids is 1. The lowest BCUT2D eigenvalue weighted by Crippen LogP contribution is -2.27. The van der Waals surface area contributed by atoms with Crippen LogP contribution in [-0.4, -0.2) is 15.9 Å². The zero-order valence-corrected chi connectivity index (χ0v) is 15.4. The Labute approximate surface area is 146 Å². The molecule has 124 valence electrons. The molecule has 3 rings (SSSR count). The maximum Gasteiger partial charge on any atom is 0.252 e. The molecule has 1 amide bonds. The Morgan fingerprint density at radius 2 is 1.92 bits per heavy atom. The molecule has 0 bridgehead atoms. The minimum absolute atomic E-state index is 0.0892. The van der Waals surface area contributed by atoms with Crippen molar-refractivity contribution in [3.8, 4) is 0 Å². The zero-order valence-electron chi connectivity index (χ0n) is 14.6. The van der Waals surface area contributed by atoms with Gasteiger partial charge in [0.25, 0.3) is 5.91 Å². The maximum atomic E-state index is 12.9. The number of nitrogens with one attached hydrogen (secondary N) is 1. The van der Waals surface area contributed by atoms with Gasteiger partial charge in [-0.25, -0.2) is 4.98 Å². The van der Waals surface area contributed by atoms with Gasteiger partial charge in [0.05, 0.1) is 27.8 Å². The first-order valence-corrected chi connectivity index (χ1v) is 8.80. The second kappa shape index (κ2) is 6.32. The fourth-order valence-corrected chi connectivity index (χ4v) is 3.91. The number of pyridine rings is 1. The van der Waals surface area contributed by atoms with Crippen molar-refractivity contribution in [2.24, 2.45) is 0 Å². The molecule has 24 heavy (non-hydrogen) atoms. The van der Waals surface area contributed by atoms with Crippen LogP contribution in [0.3, 0.4) is 0 Å². The highest BCUT2D eigenvalue weighted by Gasteiger charge is 2.19. The van der Waals surface area contributed by atoms with Crippen LogP contribution in [0.2, 0.25) is 0 Å². The number of aromatic nitrogens is 2. The molecule has 0 saturated heterocycles. The van der Waals surface area contributed by atoms with Crippen molar-refractivity contribution in [3.05, 3.63) is 56.7 Å². The highest BCUT2D eigenvalue weighted by Crippen LogP contribution is 2.25. The van der Waals surface area contributed by atoms with Crippen LogP contribution in [0.15, 0.2) is 24.3 Å². The van der Waals surface area contributed by atoms with Gasteiger partial charge < -0.3 is 5.32 Å². The normalized spacial score (nSPS) is 12.4. The Balaban J connectivity index is 1.97. The molecule has 2 heterocycles. The molecule has 0 aliphatic heterocycles. The number of aryl methyl sites for hydroxylation is 4. The number of hydrogen-bond donors (Lipinski definition) is 1. The molecule has 0 aliphatic rings. The Kier molecular flexibility index (Phi) is 4.37. The Morgan fingerprint density at radius 1 is 1.17 bits per heavy atom. The number of para-hydroxylation sites is 1. The molecular formula is C19H21N3OS. The van der Waals surface area contributed by atoms with Crippen LogP contribution in [-0.2, 0) is 0 Å². The standard InChI is InChI=1S/C19H21N3OS/c1-10-7-6-8-15-16(9-11(2)20-17(10)15)19(23)21-12(3)18-13(4)24-14(5)22-18/h6-9,12H,1-5H3,(H,21,23)/t12-/m0/s1. The van der Waals surface area contributed by atoms with Gasteiger partial charge in [0.2, 0.25) is 0 Å². The molecule has 0 saturated carbocycles. The second-order valence-electron chi connectivity index (χ2n) is 6.15. The molecule has 0 radical (unpaired) electrons. The third-order valence-corrected chi connectivity index (χ3v) is 5.01. The minimum atomic E-state index is -0.129. The van der Waals surface area contributed by atoms with Crippen LogP contribution in [0.4, 0.5) is 0 Å². The summed E-state index contributed by atoms with van der Waals surface area (Å²) in [6.07, 6.45) is 0. The monoisotopic (exact) mass is 339 g/mol. The third kappa shape index (κ3) is 3.04. The lowest BCUT2D eigenvalue weighted by molar-refractivity contribution is 0.0940. The molecular weight excluding hydrogens is 318 g/mol. The summed E-state index contributed by atoms with van der Waals surface area (Å²) in [5, 5.41) is 4.99. The van der Waals surface area contributed by atoms with E-state index in [4.69, 9.17) is 0 Å². The van der Waals surface area contributed by atoms with Crippen LogP contribution < -0.4 is 5.32 Å². The minimum Gasteiger partial charge on any atom is -0.344 e. The van der Waals surface area contributed by atoms with Gasteiger partial charge in [0, 0.05) is 16.0 Å². The summed E-state index contributed by atoms with van der Waals surface area (Å²) in [7, 11) is 0. The molecule has 5 heteroatoms. The van der Waals surface area contributed by atoms with E-state index in [1.807, 2.05) is 58.9 Å². The smallest absolute Gasteiger partial charge is 0.252 e. The highest BCUT2D eigenvalue weighted by molar-refractivity contribution is 7.11. The average Bonchev–Trinajstić information content (AvgIpc) is 2.86. The predicted molar refractivity (Wildman–Crippen MR) is 98.7 cm³/mol. The summed E-state index contributed by atoms with van der Waals surface area (Å²) in [4.78, 5) is 23.1. The van der Waals surface area contributed by atoms with Crippen molar-refractivity contribution in [2.75, 3.05) is 0 Å².